The van der Waals surface area contributed by atoms with E-state index in [-0.39, 0.29) is 5.41 Å². The Kier molecular flexibility index (Phi) is 9.32. The Morgan fingerprint density at radius 1 is 0.692 bits per heavy atom. The molecule has 4 fully saturated rings. The molecule has 0 radical (unpaired) electrons. The lowest BCUT2D eigenvalue weighted by molar-refractivity contribution is -0.00612. The predicted octanol–water partition coefficient (Wildman–Crippen LogP) is 12.8. The van der Waals surface area contributed by atoms with Crippen molar-refractivity contribution in [1.82, 2.24) is 4.98 Å². The van der Waals surface area contributed by atoms with Gasteiger partial charge in [0.25, 0.3) is 0 Å². The number of aromatic nitrogens is 1. The van der Waals surface area contributed by atoms with Crippen molar-refractivity contribution < 1.29 is 10.2 Å². The second-order valence-corrected chi connectivity index (χ2v) is 16.6. The maximum atomic E-state index is 12.2. The lowest BCUT2D eigenvalue weighted by Crippen LogP contribution is -2.48. The number of phenolic OH excluding ortho intramolecular Hbond substituents is 2. The first kappa shape index (κ1) is 34.5. The van der Waals surface area contributed by atoms with Gasteiger partial charge in [0.2, 0.25) is 0 Å². The topological polar surface area (TPSA) is 53.4 Å². The maximum Gasteiger partial charge on any atom is 0.127 e. The van der Waals surface area contributed by atoms with E-state index in [4.69, 9.17) is 4.98 Å². The molecular weight excluding hydrogens is 635 g/mol. The van der Waals surface area contributed by atoms with Gasteiger partial charge in [-0.25, -0.2) is 4.98 Å². The molecule has 4 saturated carbocycles. The van der Waals surface area contributed by atoms with E-state index in [1.165, 1.54) is 49.7 Å². The summed E-state index contributed by atoms with van der Waals surface area (Å²) in [6, 6.07) is 31.6. The summed E-state index contributed by atoms with van der Waals surface area (Å²) in [5.41, 5.74) is 12.0. The highest BCUT2D eigenvalue weighted by Gasteiger charge is 2.52. The van der Waals surface area contributed by atoms with Crippen LogP contribution in [0.15, 0.2) is 104 Å². The van der Waals surface area contributed by atoms with Crippen molar-refractivity contribution in [2.24, 2.45) is 23.7 Å². The number of allylic oxidation sites excluding steroid dienone is 1. The summed E-state index contributed by atoms with van der Waals surface area (Å²) >= 11 is 0. The Morgan fingerprint density at radius 3 is 1.75 bits per heavy atom. The van der Waals surface area contributed by atoms with Gasteiger partial charge >= 0.3 is 0 Å². The fourth-order valence-electron chi connectivity index (χ4n) is 10.8. The van der Waals surface area contributed by atoms with E-state index < -0.39 is 0 Å². The Hall–Kier alpha value is -4.63. The highest BCUT2D eigenvalue weighted by Crippen LogP contribution is 2.62. The first-order chi connectivity index (χ1) is 25.2. The van der Waals surface area contributed by atoms with Crippen LogP contribution in [0.1, 0.15) is 87.0 Å². The molecule has 0 aliphatic heterocycles. The third-order valence-electron chi connectivity index (χ3n) is 12.8. The van der Waals surface area contributed by atoms with E-state index in [9.17, 15) is 10.2 Å². The van der Waals surface area contributed by atoms with E-state index in [1.807, 2.05) is 18.2 Å². The minimum atomic E-state index is 0.0982. The summed E-state index contributed by atoms with van der Waals surface area (Å²) in [6.07, 6.45) is 13.7. The lowest BCUT2D eigenvalue weighted by atomic mass is 9.48. The van der Waals surface area contributed by atoms with Gasteiger partial charge in [0.1, 0.15) is 11.5 Å². The fourth-order valence-corrected chi connectivity index (χ4v) is 10.8. The van der Waals surface area contributed by atoms with Gasteiger partial charge in [-0.1, -0.05) is 86.2 Å². The summed E-state index contributed by atoms with van der Waals surface area (Å²) in [6.45, 7) is 10.5. The molecule has 0 spiro atoms. The Bertz CT molecular complexity index is 2090. The summed E-state index contributed by atoms with van der Waals surface area (Å²) < 4.78 is 0. The molecule has 4 aliphatic rings. The second kappa shape index (κ2) is 14.1. The minimum absolute atomic E-state index is 0.0982. The van der Waals surface area contributed by atoms with E-state index >= 15 is 0 Å². The molecule has 3 heteroatoms. The molecular formula is C49H53NO2. The molecule has 266 valence electrons. The van der Waals surface area contributed by atoms with Gasteiger partial charge < -0.3 is 10.2 Å². The van der Waals surface area contributed by atoms with Crippen LogP contribution in [0.5, 0.6) is 11.5 Å². The zero-order valence-electron chi connectivity index (χ0n) is 31.2. The number of phenols is 2. The van der Waals surface area contributed by atoms with Crippen molar-refractivity contribution >= 4 is 0 Å². The molecule has 1 unspecified atom stereocenters. The van der Waals surface area contributed by atoms with Crippen LogP contribution < -0.4 is 0 Å². The number of hydrogen-bond acceptors (Lipinski definition) is 3. The molecule has 5 aromatic rings. The SMILES string of the molecule is C=CCC(CC)CCc1cc(C)cc(-c2ccccc2-c2cccc(-c3ccccc3-c3cc(C)cc(C45CC6CC(CC(C6)C4)C5)c3O)n2)c1O. The van der Waals surface area contributed by atoms with Crippen molar-refractivity contribution in [2.45, 2.75) is 90.4 Å². The van der Waals surface area contributed by atoms with Crippen molar-refractivity contribution in [3.63, 3.8) is 0 Å². The van der Waals surface area contributed by atoms with Crippen LogP contribution in [0.4, 0.5) is 0 Å². The minimum Gasteiger partial charge on any atom is -0.507 e. The fraction of sp³-hybridized carbons (Fsp3) is 0.367. The number of nitrogens with zero attached hydrogens (tertiary/aromatic N) is 1. The number of benzene rings is 4. The van der Waals surface area contributed by atoms with Crippen LogP contribution in [0.2, 0.25) is 0 Å². The standard InChI is InChI=1S/C49H53NO2/c1-5-12-33(6-2)19-20-37-21-31(3)22-42(47(37)51)38-13-7-9-15-40(38)45-17-11-18-46(50-45)41-16-10-8-14-39(41)43-23-32(4)24-44(48(43)52)49-28-34-25-35(29-49)27-36(26-34)30-49/h5,7-11,13-18,21-24,33-36,51-52H,1,6,12,19-20,25-30H2,2-4H3. The first-order valence-electron chi connectivity index (χ1n) is 19.7. The van der Waals surface area contributed by atoms with Crippen LogP contribution in [0, 0.1) is 37.5 Å². The Morgan fingerprint density at radius 2 is 1.21 bits per heavy atom. The molecule has 9 rings (SSSR count). The predicted molar refractivity (Wildman–Crippen MR) is 216 cm³/mol. The third kappa shape index (κ3) is 6.37. The zero-order valence-corrected chi connectivity index (χ0v) is 31.2. The third-order valence-corrected chi connectivity index (χ3v) is 12.8. The van der Waals surface area contributed by atoms with Crippen LogP contribution in [-0.4, -0.2) is 15.2 Å². The molecule has 0 amide bonds. The van der Waals surface area contributed by atoms with Gasteiger partial charge in [-0.15, -0.1) is 6.58 Å². The highest BCUT2D eigenvalue weighted by atomic mass is 16.3. The van der Waals surface area contributed by atoms with E-state index in [1.54, 1.807) is 0 Å². The molecule has 4 aliphatic carbocycles. The lowest BCUT2D eigenvalue weighted by Gasteiger charge is -2.57. The van der Waals surface area contributed by atoms with E-state index in [0.717, 1.165) is 99.3 Å². The largest absolute Gasteiger partial charge is 0.507 e. The molecule has 1 heterocycles. The van der Waals surface area contributed by atoms with Crippen LogP contribution >= 0.6 is 0 Å². The van der Waals surface area contributed by atoms with Gasteiger partial charge in [0.15, 0.2) is 0 Å². The Labute approximate surface area is 310 Å². The Balaban J connectivity index is 1.17. The van der Waals surface area contributed by atoms with Crippen molar-refractivity contribution in [2.75, 3.05) is 0 Å². The zero-order chi connectivity index (χ0) is 36.0. The normalized spacial score (nSPS) is 22.4. The van der Waals surface area contributed by atoms with Gasteiger partial charge in [0, 0.05) is 27.8 Å². The summed E-state index contributed by atoms with van der Waals surface area (Å²) in [5.74, 6) is 3.80. The first-order valence-corrected chi connectivity index (χ1v) is 19.7. The van der Waals surface area contributed by atoms with Crippen molar-refractivity contribution in [3.05, 3.63) is 126 Å². The van der Waals surface area contributed by atoms with Crippen LogP contribution in [-0.2, 0) is 11.8 Å². The number of rotatable bonds is 11. The monoisotopic (exact) mass is 687 g/mol. The van der Waals surface area contributed by atoms with Gasteiger partial charge in [-0.2, -0.15) is 0 Å². The highest BCUT2D eigenvalue weighted by molar-refractivity contribution is 5.89. The molecule has 1 atom stereocenters. The van der Waals surface area contributed by atoms with Crippen molar-refractivity contribution in [3.8, 4) is 56.3 Å². The molecule has 1 aromatic heterocycles. The van der Waals surface area contributed by atoms with Gasteiger partial charge in [-0.3, -0.25) is 0 Å². The number of aryl methyl sites for hydroxylation is 3. The average Bonchev–Trinajstić information content (AvgIpc) is 3.14. The maximum absolute atomic E-state index is 12.2. The van der Waals surface area contributed by atoms with Crippen LogP contribution in [0.25, 0.3) is 44.8 Å². The molecule has 52 heavy (non-hydrogen) atoms. The number of hydrogen-bond donors (Lipinski definition) is 2. The van der Waals surface area contributed by atoms with Gasteiger partial charge in [0.05, 0.1) is 11.4 Å². The molecule has 2 N–H and O–H groups in total. The smallest absolute Gasteiger partial charge is 0.127 e. The summed E-state index contributed by atoms with van der Waals surface area (Å²) in [4.78, 5) is 5.31. The van der Waals surface area contributed by atoms with E-state index in [2.05, 4.69) is 106 Å². The van der Waals surface area contributed by atoms with E-state index in [0.29, 0.717) is 17.4 Å². The summed E-state index contributed by atoms with van der Waals surface area (Å²) in [5, 5.41) is 23.9. The average molecular weight is 688 g/mol. The molecule has 4 aromatic carbocycles. The van der Waals surface area contributed by atoms with Crippen molar-refractivity contribution in [1.29, 1.82) is 0 Å². The molecule has 4 bridgehead atoms. The quantitative estimate of drug-likeness (QED) is 0.136. The number of pyridine rings is 1. The molecule has 0 saturated heterocycles. The van der Waals surface area contributed by atoms with Gasteiger partial charge in [-0.05, 0) is 153 Å². The molecule has 3 nitrogen and oxygen atoms in total. The number of aromatic hydroxyl groups is 2. The summed E-state index contributed by atoms with van der Waals surface area (Å²) in [7, 11) is 0. The van der Waals surface area contributed by atoms with Crippen LogP contribution in [0.3, 0.4) is 0 Å². The second-order valence-electron chi connectivity index (χ2n) is 16.6.